The van der Waals surface area contributed by atoms with Crippen molar-refractivity contribution in [1.29, 1.82) is 0 Å². The minimum atomic E-state index is 0.115. The van der Waals surface area contributed by atoms with Gasteiger partial charge in [0.15, 0.2) is 11.6 Å². The average molecular weight is 370 g/mol. The van der Waals surface area contributed by atoms with Crippen molar-refractivity contribution < 1.29 is 4.74 Å². The van der Waals surface area contributed by atoms with Gasteiger partial charge in [0.1, 0.15) is 11.4 Å². The molecular weight excluding hydrogens is 348 g/mol. The molecule has 26 heavy (non-hydrogen) atoms. The van der Waals surface area contributed by atoms with Gasteiger partial charge in [-0.1, -0.05) is 0 Å². The molecule has 7 nitrogen and oxygen atoms in total. The van der Waals surface area contributed by atoms with Crippen LogP contribution >= 0.6 is 11.5 Å². The van der Waals surface area contributed by atoms with Gasteiger partial charge in [-0.3, -0.25) is 0 Å². The monoisotopic (exact) mass is 370 g/mol. The second-order valence-electron chi connectivity index (χ2n) is 6.25. The van der Waals surface area contributed by atoms with Gasteiger partial charge in [-0.2, -0.15) is 9.36 Å². The smallest absolute Gasteiger partial charge is 0.211 e. The van der Waals surface area contributed by atoms with Gasteiger partial charge in [0, 0.05) is 38.9 Å². The fraction of sp³-hybridized carbons (Fsp3) is 0.333. The number of hydrogen-bond donors (Lipinski definition) is 0. The molecule has 0 amide bonds. The molecule has 3 heterocycles. The first kappa shape index (κ1) is 18.1. The highest BCUT2D eigenvalue weighted by Crippen LogP contribution is 2.32. The molecule has 0 aliphatic carbocycles. The van der Waals surface area contributed by atoms with E-state index in [1.54, 1.807) is 12.4 Å². The Kier molecular flexibility index (Phi) is 5.32. The zero-order chi connectivity index (χ0) is 18.7. The van der Waals surface area contributed by atoms with Crippen molar-refractivity contribution in [1.82, 2.24) is 19.3 Å². The third kappa shape index (κ3) is 3.91. The van der Waals surface area contributed by atoms with Gasteiger partial charge < -0.3 is 14.5 Å². The summed E-state index contributed by atoms with van der Waals surface area (Å²) in [4.78, 5) is 17.5. The largest absolute Gasteiger partial charge is 0.489 e. The molecule has 0 N–H and O–H groups in total. The van der Waals surface area contributed by atoms with Gasteiger partial charge in [-0.15, -0.1) is 0 Å². The number of anilines is 3. The Morgan fingerprint density at radius 1 is 1.08 bits per heavy atom. The minimum absolute atomic E-state index is 0.115. The van der Waals surface area contributed by atoms with E-state index in [2.05, 4.69) is 19.3 Å². The number of aromatic nitrogens is 4. The van der Waals surface area contributed by atoms with Crippen molar-refractivity contribution in [3.63, 3.8) is 0 Å². The summed E-state index contributed by atoms with van der Waals surface area (Å²) in [5.41, 5.74) is 1.73. The van der Waals surface area contributed by atoms with E-state index in [1.807, 2.05) is 69.1 Å². The van der Waals surface area contributed by atoms with Gasteiger partial charge >= 0.3 is 0 Å². The number of hydrogen-bond acceptors (Lipinski definition) is 8. The summed E-state index contributed by atoms with van der Waals surface area (Å²) in [5, 5.41) is 0.756. The maximum Gasteiger partial charge on any atom is 0.211 e. The van der Waals surface area contributed by atoms with Crippen LogP contribution in [0.25, 0.3) is 11.5 Å². The summed E-state index contributed by atoms with van der Waals surface area (Å²) in [6.07, 6.45) is 3.59. The van der Waals surface area contributed by atoms with Crippen molar-refractivity contribution in [2.75, 3.05) is 30.9 Å². The van der Waals surface area contributed by atoms with Crippen LogP contribution in [0, 0.1) is 0 Å². The van der Waals surface area contributed by atoms with Crippen molar-refractivity contribution in [2.24, 2.45) is 0 Å². The van der Waals surface area contributed by atoms with Crippen molar-refractivity contribution >= 4 is 28.2 Å². The number of nitrogens with zero attached hydrogens (tertiary/aromatic N) is 6. The molecular formula is C18H22N6OS. The van der Waals surface area contributed by atoms with Crippen LogP contribution in [0.1, 0.15) is 13.8 Å². The highest BCUT2D eigenvalue weighted by Gasteiger charge is 2.17. The normalized spacial score (nSPS) is 10.8. The summed E-state index contributed by atoms with van der Waals surface area (Å²) >= 11 is 1.32. The van der Waals surface area contributed by atoms with E-state index in [0.717, 1.165) is 22.4 Å². The van der Waals surface area contributed by atoms with E-state index in [9.17, 15) is 0 Å². The van der Waals surface area contributed by atoms with Gasteiger partial charge in [-0.25, -0.2) is 9.97 Å². The number of pyridine rings is 2. The third-order valence-corrected chi connectivity index (χ3v) is 4.40. The fourth-order valence-electron chi connectivity index (χ4n) is 2.40. The van der Waals surface area contributed by atoms with Crippen LogP contribution in [0.2, 0.25) is 0 Å². The zero-order valence-corrected chi connectivity index (χ0v) is 16.4. The highest BCUT2D eigenvalue weighted by atomic mass is 32.1. The predicted octanol–water partition coefficient (Wildman–Crippen LogP) is 3.62. The molecule has 8 heteroatoms. The second-order valence-corrected chi connectivity index (χ2v) is 6.98. The predicted molar refractivity (Wildman–Crippen MR) is 106 cm³/mol. The SMILES string of the molecule is CC(C)Oc1ccc(-c2nsc(N(C)c3ncccc3N(C)C)n2)nc1. The first-order chi connectivity index (χ1) is 12.5. The molecule has 0 aliphatic heterocycles. The van der Waals surface area contributed by atoms with Crippen LogP contribution in [-0.4, -0.2) is 46.6 Å². The van der Waals surface area contributed by atoms with Crippen LogP contribution in [-0.2, 0) is 0 Å². The van der Waals surface area contributed by atoms with Gasteiger partial charge in [-0.05, 0) is 38.1 Å². The Hall–Kier alpha value is -2.74. The molecule has 3 aromatic rings. The standard InChI is InChI=1S/C18H22N6OS/c1-12(2)25-13-8-9-14(20-11-13)16-21-18(26-22-16)24(5)17-15(23(3)4)7-6-10-19-17/h6-12H,1-5H3. The van der Waals surface area contributed by atoms with Crippen molar-refractivity contribution in [2.45, 2.75) is 20.0 Å². The molecule has 0 saturated heterocycles. The lowest BCUT2D eigenvalue weighted by molar-refractivity contribution is 0.241. The van der Waals surface area contributed by atoms with Gasteiger partial charge in [0.05, 0.1) is 18.0 Å². The fourth-order valence-corrected chi connectivity index (χ4v) is 3.04. The number of rotatable bonds is 6. The first-order valence-corrected chi connectivity index (χ1v) is 9.06. The van der Waals surface area contributed by atoms with Gasteiger partial charge in [0.25, 0.3) is 0 Å². The number of ether oxygens (including phenoxy) is 1. The minimum Gasteiger partial charge on any atom is -0.489 e. The Morgan fingerprint density at radius 2 is 1.88 bits per heavy atom. The van der Waals surface area contributed by atoms with Crippen molar-refractivity contribution in [3.05, 3.63) is 36.7 Å². The third-order valence-electron chi connectivity index (χ3n) is 3.61. The maximum atomic E-state index is 5.62. The van der Waals surface area contributed by atoms with Crippen LogP contribution in [0.3, 0.4) is 0 Å². The van der Waals surface area contributed by atoms with Crippen LogP contribution in [0.15, 0.2) is 36.7 Å². The summed E-state index contributed by atoms with van der Waals surface area (Å²) in [5.74, 6) is 2.16. The summed E-state index contributed by atoms with van der Waals surface area (Å²) in [7, 11) is 5.92. The molecule has 0 bridgehead atoms. The molecule has 0 fully saturated rings. The molecule has 0 unspecified atom stereocenters. The summed E-state index contributed by atoms with van der Waals surface area (Å²) < 4.78 is 10.1. The lowest BCUT2D eigenvalue weighted by Crippen LogP contribution is -2.17. The first-order valence-electron chi connectivity index (χ1n) is 8.28. The van der Waals surface area contributed by atoms with E-state index >= 15 is 0 Å². The van der Waals surface area contributed by atoms with Crippen LogP contribution < -0.4 is 14.5 Å². The van der Waals surface area contributed by atoms with E-state index in [4.69, 9.17) is 4.74 Å². The highest BCUT2D eigenvalue weighted by molar-refractivity contribution is 7.10. The van der Waals surface area contributed by atoms with E-state index in [-0.39, 0.29) is 6.10 Å². The maximum absolute atomic E-state index is 5.62. The summed E-state index contributed by atoms with van der Waals surface area (Å²) in [6, 6.07) is 7.70. The van der Waals surface area contributed by atoms with Crippen LogP contribution in [0.5, 0.6) is 5.75 Å². The van der Waals surface area contributed by atoms with E-state index in [1.165, 1.54) is 11.5 Å². The lowest BCUT2D eigenvalue weighted by Gasteiger charge is -2.21. The van der Waals surface area contributed by atoms with E-state index < -0.39 is 0 Å². The Bertz CT molecular complexity index is 862. The molecule has 0 radical (unpaired) electrons. The molecule has 0 aromatic carbocycles. The van der Waals surface area contributed by atoms with Crippen LogP contribution in [0.4, 0.5) is 16.6 Å². The Balaban J connectivity index is 1.84. The molecule has 0 atom stereocenters. The van der Waals surface area contributed by atoms with E-state index in [0.29, 0.717) is 11.5 Å². The molecule has 0 aliphatic rings. The Morgan fingerprint density at radius 3 is 2.54 bits per heavy atom. The summed E-state index contributed by atoms with van der Waals surface area (Å²) in [6.45, 7) is 3.97. The second kappa shape index (κ2) is 7.65. The van der Waals surface area contributed by atoms with Gasteiger partial charge in [0.2, 0.25) is 5.13 Å². The molecule has 3 rings (SSSR count). The quantitative estimate of drug-likeness (QED) is 0.656. The Labute approximate surface area is 157 Å². The van der Waals surface area contributed by atoms with Crippen molar-refractivity contribution in [3.8, 4) is 17.3 Å². The molecule has 0 saturated carbocycles. The molecule has 3 aromatic heterocycles. The lowest BCUT2D eigenvalue weighted by atomic mass is 10.3. The topological polar surface area (TPSA) is 67.3 Å². The molecule has 0 spiro atoms. The average Bonchev–Trinajstić information content (AvgIpc) is 3.11. The molecule has 136 valence electrons. The zero-order valence-electron chi connectivity index (χ0n) is 15.5.